The molecule has 0 bridgehead atoms. The number of nitrogens with one attached hydrogen (secondary N) is 1. The molecule has 0 aromatic heterocycles. The number of nitriles is 1. The number of benzene rings is 2. The first-order valence-electron chi connectivity index (χ1n) is 7.51. The lowest BCUT2D eigenvalue weighted by atomic mass is 10.0. The van der Waals surface area contributed by atoms with Gasteiger partial charge in [0.15, 0.2) is 0 Å². The zero-order valence-electron chi connectivity index (χ0n) is 12.5. The molecule has 2 aromatic carbocycles. The monoisotopic (exact) mass is 278 g/mol. The molecule has 0 fully saturated rings. The van der Waals surface area contributed by atoms with E-state index in [-0.39, 0.29) is 6.04 Å². The third-order valence-electron chi connectivity index (χ3n) is 3.69. The van der Waals surface area contributed by atoms with Crippen molar-refractivity contribution < 1.29 is 0 Å². The maximum atomic E-state index is 9.03. The maximum Gasteiger partial charge on any atom is 0.0641 e. The second-order valence-corrected chi connectivity index (χ2v) is 5.42. The summed E-state index contributed by atoms with van der Waals surface area (Å²) in [5.74, 6) is 0. The van der Waals surface area contributed by atoms with Crippen molar-refractivity contribution in [1.82, 2.24) is 5.32 Å². The van der Waals surface area contributed by atoms with Gasteiger partial charge >= 0.3 is 0 Å². The molecule has 2 nitrogen and oxygen atoms in total. The van der Waals surface area contributed by atoms with Crippen molar-refractivity contribution in [3.05, 3.63) is 71.8 Å². The topological polar surface area (TPSA) is 35.8 Å². The van der Waals surface area contributed by atoms with Crippen LogP contribution in [0.3, 0.4) is 0 Å². The van der Waals surface area contributed by atoms with Gasteiger partial charge in [-0.2, -0.15) is 5.26 Å². The van der Waals surface area contributed by atoms with Crippen LogP contribution >= 0.6 is 0 Å². The Bertz CT molecular complexity index is 557. The average Bonchev–Trinajstić information content (AvgIpc) is 2.54. The van der Waals surface area contributed by atoms with Crippen LogP contribution in [0.4, 0.5) is 0 Å². The Labute approximate surface area is 127 Å². The predicted molar refractivity (Wildman–Crippen MR) is 86.8 cm³/mol. The van der Waals surface area contributed by atoms with Gasteiger partial charge in [-0.1, -0.05) is 60.7 Å². The highest BCUT2D eigenvalue weighted by molar-refractivity contribution is 5.20. The van der Waals surface area contributed by atoms with Gasteiger partial charge in [0.25, 0.3) is 0 Å². The Morgan fingerprint density at radius 3 is 2.24 bits per heavy atom. The fraction of sp³-hybridized carbons (Fsp3) is 0.316. The van der Waals surface area contributed by atoms with Crippen LogP contribution in [0.15, 0.2) is 60.7 Å². The summed E-state index contributed by atoms with van der Waals surface area (Å²) in [6.07, 6.45) is 2.63. The molecule has 21 heavy (non-hydrogen) atoms. The van der Waals surface area contributed by atoms with E-state index in [4.69, 9.17) is 5.26 Å². The Hall–Kier alpha value is -2.11. The highest BCUT2D eigenvalue weighted by Crippen LogP contribution is 2.17. The molecule has 0 radical (unpaired) electrons. The van der Waals surface area contributed by atoms with Gasteiger partial charge in [0.2, 0.25) is 0 Å². The standard InChI is InChI=1S/C19H22N2/c1-16(12-13-17-8-4-2-5-9-17)21-19(14-15-20)18-10-6-3-7-11-18/h2-11,16,19,21H,12-14H2,1H3. The predicted octanol–water partition coefficient (Wildman–Crippen LogP) is 4.25. The van der Waals surface area contributed by atoms with Gasteiger partial charge < -0.3 is 5.32 Å². The van der Waals surface area contributed by atoms with Gasteiger partial charge in [-0.25, -0.2) is 0 Å². The van der Waals surface area contributed by atoms with Gasteiger partial charge in [-0.05, 0) is 30.9 Å². The quantitative estimate of drug-likeness (QED) is 0.821. The van der Waals surface area contributed by atoms with E-state index in [9.17, 15) is 0 Å². The highest BCUT2D eigenvalue weighted by atomic mass is 14.9. The van der Waals surface area contributed by atoms with E-state index < -0.39 is 0 Å². The van der Waals surface area contributed by atoms with Crippen LogP contribution in [0.1, 0.15) is 36.9 Å². The average molecular weight is 278 g/mol. The zero-order valence-corrected chi connectivity index (χ0v) is 12.5. The van der Waals surface area contributed by atoms with E-state index in [1.807, 2.05) is 24.3 Å². The molecule has 2 aromatic rings. The summed E-state index contributed by atoms with van der Waals surface area (Å²) in [6.45, 7) is 2.19. The third-order valence-corrected chi connectivity index (χ3v) is 3.69. The summed E-state index contributed by atoms with van der Waals surface area (Å²) in [5.41, 5.74) is 2.55. The summed E-state index contributed by atoms with van der Waals surface area (Å²) < 4.78 is 0. The van der Waals surface area contributed by atoms with Crippen molar-refractivity contribution >= 4 is 0 Å². The fourth-order valence-corrected chi connectivity index (χ4v) is 2.50. The van der Waals surface area contributed by atoms with Crippen molar-refractivity contribution in [3.63, 3.8) is 0 Å². The fourth-order valence-electron chi connectivity index (χ4n) is 2.50. The molecule has 0 saturated carbocycles. The summed E-state index contributed by atoms with van der Waals surface area (Å²) >= 11 is 0. The molecule has 0 heterocycles. The van der Waals surface area contributed by atoms with Crippen LogP contribution in [0, 0.1) is 11.3 Å². The highest BCUT2D eigenvalue weighted by Gasteiger charge is 2.13. The Morgan fingerprint density at radius 1 is 1.00 bits per heavy atom. The lowest BCUT2D eigenvalue weighted by Gasteiger charge is -2.22. The molecule has 2 rings (SSSR count). The van der Waals surface area contributed by atoms with Gasteiger partial charge in [0.1, 0.15) is 0 Å². The molecule has 0 aliphatic rings. The lowest BCUT2D eigenvalue weighted by Crippen LogP contribution is -2.30. The van der Waals surface area contributed by atoms with Crippen molar-refractivity contribution in [2.24, 2.45) is 0 Å². The van der Waals surface area contributed by atoms with E-state index in [0.29, 0.717) is 12.5 Å². The molecule has 1 N–H and O–H groups in total. The zero-order chi connectivity index (χ0) is 14.9. The van der Waals surface area contributed by atoms with Crippen molar-refractivity contribution in [2.45, 2.75) is 38.3 Å². The first-order chi connectivity index (χ1) is 10.3. The van der Waals surface area contributed by atoms with Crippen LogP contribution in [0.2, 0.25) is 0 Å². The molecule has 2 heteroatoms. The van der Waals surface area contributed by atoms with Crippen LogP contribution < -0.4 is 5.32 Å². The third kappa shape index (κ3) is 5.06. The summed E-state index contributed by atoms with van der Waals surface area (Å²) in [6, 6.07) is 23.5. The second-order valence-electron chi connectivity index (χ2n) is 5.42. The van der Waals surface area contributed by atoms with Crippen LogP contribution in [-0.2, 0) is 6.42 Å². The number of rotatable bonds is 7. The van der Waals surface area contributed by atoms with Crippen molar-refractivity contribution in [3.8, 4) is 6.07 Å². The Morgan fingerprint density at radius 2 is 1.62 bits per heavy atom. The van der Waals surface area contributed by atoms with E-state index in [1.54, 1.807) is 0 Å². The summed E-state index contributed by atoms with van der Waals surface area (Å²) in [4.78, 5) is 0. The lowest BCUT2D eigenvalue weighted by molar-refractivity contribution is 0.440. The van der Waals surface area contributed by atoms with Gasteiger partial charge in [-0.15, -0.1) is 0 Å². The Balaban J connectivity index is 1.90. The molecular formula is C19H22N2. The molecule has 0 aliphatic carbocycles. The summed E-state index contributed by atoms with van der Waals surface area (Å²) in [7, 11) is 0. The first-order valence-corrected chi connectivity index (χ1v) is 7.51. The normalized spacial score (nSPS) is 13.3. The second kappa shape index (κ2) is 8.24. The van der Waals surface area contributed by atoms with Gasteiger partial charge in [-0.3, -0.25) is 0 Å². The molecule has 2 atom stereocenters. The van der Waals surface area contributed by atoms with Crippen LogP contribution in [0.25, 0.3) is 0 Å². The van der Waals surface area contributed by atoms with Crippen LogP contribution in [0.5, 0.6) is 0 Å². The smallest absolute Gasteiger partial charge is 0.0641 e. The Kier molecular flexibility index (Phi) is 5.99. The molecule has 0 amide bonds. The largest absolute Gasteiger partial charge is 0.307 e. The minimum absolute atomic E-state index is 0.113. The molecule has 108 valence electrons. The minimum atomic E-state index is 0.113. The first kappa shape index (κ1) is 15.3. The molecule has 2 unspecified atom stereocenters. The van der Waals surface area contributed by atoms with Crippen LogP contribution in [-0.4, -0.2) is 6.04 Å². The molecule has 0 spiro atoms. The van der Waals surface area contributed by atoms with Crippen molar-refractivity contribution in [1.29, 1.82) is 5.26 Å². The number of nitrogens with zero attached hydrogens (tertiary/aromatic N) is 1. The minimum Gasteiger partial charge on any atom is -0.307 e. The van der Waals surface area contributed by atoms with E-state index >= 15 is 0 Å². The molecule has 0 aliphatic heterocycles. The van der Waals surface area contributed by atoms with Gasteiger partial charge in [0, 0.05) is 12.1 Å². The summed E-state index contributed by atoms with van der Waals surface area (Å²) in [5, 5.41) is 12.6. The number of hydrogen-bond donors (Lipinski definition) is 1. The maximum absolute atomic E-state index is 9.03. The number of hydrogen-bond acceptors (Lipinski definition) is 2. The molecular weight excluding hydrogens is 256 g/mol. The molecule has 0 saturated heterocycles. The van der Waals surface area contributed by atoms with Crippen molar-refractivity contribution in [2.75, 3.05) is 0 Å². The van der Waals surface area contributed by atoms with E-state index in [2.05, 4.69) is 54.7 Å². The SMILES string of the molecule is CC(CCc1ccccc1)NC(CC#N)c1ccccc1. The van der Waals surface area contributed by atoms with E-state index in [0.717, 1.165) is 12.8 Å². The van der Waals surface area contributed by atoms with Gasteiger partial charge in [0.05, 0.1) is 12.5 Å². The number of aryl methyl sites for hydroxylation is 1. The van der Waals surface area contributed by atoms with E-state index in [1.165, 1.54) is 11.1 Å².